The van der Waals surface area contributed by atoms with Crippen LogP contribution in [0.15, 0.2) is 30.3 Å². The Morgan fingerprint density at radius 1 is 1.50 bits per heavy atom. The average molecular weight is 269 g/mol. The smallest absolute Gasteiger partial charge is 0.323 e. The minimum atomic E-state index is -1.80. The normalized spacial score (nSPS) is 13.2. The molecule has 3 N–H and O–H groups in total. The molecule has 0 amide bonds. The van der Waals surface area contributed by atoms with Crippen LogP contribution in [0.2, 0.25) is 0 Å². The van der Waals surface area contributed by atoms with Gasteiger partial charge in [-0.3, -0.25) is 4.79 Å². The lowest BCUT2D eigenvalue weighted by Crippen LogP contribution is -2.32. The first kappa shape index (κ1) is 14.8. The number of rotatable bonds is 6. The van der Waals surface area contributed by atoms with E-state index in [1.54, 1.807) is 0 Å². The third kappa shape index (κ3) is 5.38. The van der Waals surface area contributed by atoms with Crippen LogP contribution in [0.3, 0.4) is 0 Å². The van der Waals surface area contributed by atoms with Gasteiger partial charge >= 0.3 is 5.97 Å². The molecule has 0 aliphatic rings. The summed E-state index contributed by atoms with van der Waals surface area (Å²) in [6.45, 7) is 0.166. The summed E-state index contributed by atoms with van der Waals surface area (Å²) < 4.78 is 5.01. The highest BCUT2D eigenvalue weighted by atomic mass is 31.1. The summed E-state index contributed by atoms with van der Waals surface area (Å²) in [4.78, 5) is 22.4. The number of aliphatic hydroxyl groups excluding tert-OH is 1. The Bertz CT molecular complexity index is 408. The largest absolute Gasteiger partial charge is 0.629 e. The Hall–Kier alpha value is -1.26. The van der Waals surface area contributed by atoms with E-state index in [1.807, 2.05) is 30.3 Å². The van der Waals surface area contributed by atoms with E-state index in [-0.39, 0.29) is 13.0 Å². The molecular formula is C12H16NO4P. The number of nitrogens with two attached hydrogens (primary N) is 1. The van der Waals surface area contributed by atoms with Crippen LogP contribution in [0.25, 0.3) is 0 Å². The molecule has 1 aromatic carbocycles. The van der Waals surface area contributed by atoms with Crippen molar-refractivity contribution in [1.82, 2.24) is 0 Å². The second-order valence-corrected chi connectivity index (χ2v) is 5.16. The van der Waals surface area contributed by atoms with Gasteiger partial charge in [-0.05, 0) is 5.56 Å². The summed E-state index contributed by atoms with van der Waals surface area (Å²) in [7, 11) is -1.80. The van der Waals surface area contributed by atoms with Crippen LogP contribution < -0.4 is 10.6 Å². The standard InChI is InChI=1S/C12H16NO4P/c13-11(6-7-18(16)9-14)12(15)17-8-10-4-2-1-3-5-10/h1-5,7,11,14H,6,8-9,13H2. The Balaban J connectivity index is 2.36. The van der Waals surface area contributed by atoms with Crippen LogP contribution in [0.4, 0.5) is 0 Å². The molecule has 2 unspecified atom stereocenters. The van der Waals surface area contributed by atoms with Gasteiger partial charge in [0.25, 0.3) is 0 Å². The van der Waals surface area contributed by atoms with Crippen molar-refractivity contribution >= 4 is 19.5 Å². The molecule has 0 radical (unpaired) electrons. The monoisotopic (exact) mass is 269 g/mol. The molecule has 0 aliphatic heterocycles. The van der Waals surface area contributed by atoms with Crippen LogP contribution >= 0.6 is 7.77 Å². The zero-order valence-electron chi connectivity index (χ0n) is 9.86. The highest BCUT2D eigenvalue weighted by Crippen LogP contribution is 2.08. The van der Waals surface area contributed by atoms with E-state index in [9.17, 15) is 9.69 Å². The molecule has 98 valence electrons. The molecule has 0 aromatic heterocycles. The Morgan fingerprint density at radius 2 is 2.17 bits per heavy atom. The van der Waals surface area contributed by atoms with Gasteiger partial charge in [0.05, 0.1) is 13.6 Å². The maximum absolute atomic E-state index is 11.5. The molecule has 0 bridgehead atoms. The maximum Gasteiger partial charge on any atom is 0.323 e. The van der Waals surface area contributed by atoms with Crippen LogP contribution in [0.5, 0.6) is 0 Å². The SMILES string of the molecule is NC(CC=[P+]([O-])CO)C(=O)OCc1ccccc1. The zero-order valence-corrected chi connectivity index (χ0v) is 10.8. The van der Waals surface area contributed by atoms with Gasteiger partial charge < -0.3 is 20.5 Å². The Labute approximate surface area is 107 Å². The minimum Gasteiger partial charge on any atom is -0.629 e. The van der Waals surface area contributed by atoms with Crippen molar-refractivity contribution in [3.8, 4) is 0 Å². The number of hydrogen-bond donors (Lipinski definition) is 2. The molecule has 0 fully saturated rings. The van der Waals surface area contributed by atoms with E-state index in [0.717, 1.165) is 5.56 Å². The molecular weight excluding hydrogens is 253 g/mol. The number of esters is 1. The lowest BCUT2D eigenvalue weighted by molar-refractivity contribution is -0.155. The molecule has 1 aromatic rings. The molecule has 0 spiro atoms. The summed E-state index contributed by atoms with van der Waals surface area (Å²) in [5.41, 5.74) is 6.45. The predicted molar refractivity (Wildman–Crippen MR) is 68.9 cm³/mol. The third-order valence-electron chi connectivity index (χ3n) is 2.23. The number of carbonyl (C=O) groups is 1. The van der Waals surface area contributed by atoms with Crippen LogP contribution in [-0.4, -0.2) is 29.3 Å². The van der Waals surface area contributed by atoms with E-state index >= 15 is 0 Å². The number of carbonyl (C=O) groups excluding carboxylic acids is 1. The van der Waals surface area contributed by atoms with Gasteiger partial charge in [0, 0.05) is 6.42 Å². The van der Waals surface area contributed by atoms with Gasteiger partial charge in [0.15, 0.2) is 6.35 Å². The molecule has 0 saturated heterocycles. The van der Waals surface area contributed by atoms with Gasteiger partial charge in [-0.2, -0.15) is 0 Å². The average Bonchev–Trinajstić information content (AvgIpc) is 2.42. The number of benzene rings is 1. The summed E-state index contributed by atoms with van der Waals surface area (Å²) >= 11 is 0. The number of aliphatic hydroxyl groups is 1. The number of ether oxygens (including phenoxy) is 1. The molecule has 1 rings (SSSR count). The molecule has 0 saturated carbocycles. The van der Waals surface area contributed by atoms with Crippen molar-refractivity contribution in [1.29, 1.82) is 0 Å². The summed E-state index contributed by atoms with van der Waals surface area (Å²) in [6, 6.07) is 8.41. The van der Waals surface area contributed by atoms with Gasteiger partial charge in [0.2, 0.25) is 0 Å². The fraction of sp³-hybridized carbons (Fsp3) is 0.333. The summed E-state index contributed by atoms with van der Waals surface area (Å²) in [5.74, 6) is 0.792. The fourth-order valence-corrected chi connectivity index (χ4v) is 1.80. The minimum absolute atomic E-state index is 0.128. The summed E-state index contributed by atoms with van der Waals surface area (Å²) in [6.07, 6.45) is -0.301. The predicted octanol–water partition coefficient (Wildman–Crippen LogP) is -0.0436. The first-order valence-electron chi connectivity index (χ1n) is 5.47. The van der Waals surface area contributed by atoms with Crippen LogP contribution in [0.1, 0.15) is 12.0 Å². The second kappa shape index (κ2) is 7.95. The van der Waals surface area contributed by atoms with E-state index in [4.69, 9.17) is 15.6 Å². The van der Waals surface area contributed by atoms with Crippen molar-refractivity contribution in [2.75, 3.05) is 6.35 Å². The van der Waals surface area contributed by atoms with E-state index in [0.29, 0.717) is 0 Å². The quantitative estimate of drug-likeness (QED) is 0.558. The van der Waals surface area contributed by atoms with Gasteiger partial charge in [-0.15, -0.1) is 0 Å². The Kier molecular flexibility index (Phi) is 6.54. The molecule has 6 heteroatoms. The zero-order chi connectivity index (χ0) is 13.4. The molecule has 18 heavy (non-hydrogen) atoms. The summed E-state index contributed by atoms with van der Waals surface area (Å²) in [5, 5.41) is 8.57. The highest BCUT2D eigenvalue weighted by Gasteiger charge is 2.15. The van der Waals surface area contributed by atoms with Crippen molar-refractivity contribution in [3.63, 3.8) is 0 Å². The maximum atomic E-state index is 11.5. The van der Waals surface area contributed by atoms with Crippen molar-refractivity contribution < 1.29 is 19.5 Å². The lowest BCUT2D eigenvalue weighted by Gasteiger charge is -2.09. The van der Waals surface area contributed by atoms with Crippen molar-refractivity contribution in [2.24, 2.45) is 5.73 Å². The first-order chi connectivity index (χ1) is 8.63. The van der Waals surface area contributed by atoms with Gasteiger partial charge in [-0.25, -0.2) is 0 Å². The lowest BCUT2D eigenvalue weighted by atomic mass is 10.2. The number of hydrogen-bond acceptors (Lipinski definition) is 5. The Morgan fingerprint density at radius 3 is 2.78 bits per heavy atom. The fourth-order valence-electron chi connectivity index (χ4n) is 1.22. The van der Waals surface area contributed by atoms with Gasteiger partial charge in [-0.1, -0.05) is 30.3 Å². The topological polar surface area (TPSA) is 95.6 Å². The van der Waals surface area contributed by atoms with E-state index in [1.165, 1.54) is 5.80 Å². The van der Waals surface area contributed by atoms with E-state index < -0.39 is 26.1 Å². The van der Waals surface area contributed by atoms with Crippen molar-refractivity contribution in [3.05, 3.63) is 35.9 Å². The second-order valence-electron chi connectivity index (χ2n) is 3.68. The molecule has 0 heterocycles. The van der Waals surface area contributed by atoms with Crippen LogP contribution in [-0.2, 0) is 16.1 Å². The highest BCUT2D eigenvalue weighted by molar-refractivity contribution is 7.49. The van der Waals surface area contributed by atoms with E-state index in [2.05, 4.69) is 0 Å². The van der Waals surface area contributed by atoms with Gasteiger partial charge in [0.1, 0.15) is 12.6 Å². The first-order valence-corrected chi connectivity index (χ1v) is 6.99. The molecule has 0 aliphatic carbocycles. The van der Waals surface area contributed by atoms with Crippen molar-refractivity contribution in [2.45, 2.75) is 19.1 Å². The molecule has 2 atom stereocenters. The molecule has 5 nitrogen and oxygen atoms in total. The third-order valence-corrected chi connectivity index (χ3v) is 3.13. The van der Waals surface area contributed by atoms with Crippen LogP contribution in [0, 0.1) is 0 Å².